The van der Waals surface area contributed by atoms with E-state index in [-0.39, 0.29) is 11.9 Å². The van der Waals surface area contributed by atoms with Crippen LogP contribution in [-0.2, 0) is 0 Å². The predicted molar refractivity (Wildman–Crippen MR) is 119 cm³/mol. The first-order chi connectivity index (χ1) is 14.2. The van der Waals surface area contributed by atoms with Crippen LogP contribution in [0.2, 0.25) is 0 Å². The topological polar surface area (TPSA) is 22.3 Å². The van der Waals surface area contributed by atoms with Gasteiger partial charge in [-0.3, -0.25) is 4.90 Å². The van der Waals surface area contributed by atoms with Crippen LogP contribution in [0, 0.1) is 12.7 Å². The molecule has 0 unspecified atom stereocenters. The smallest absolute Gasteiger partial charge is 0.146 e. The van der Waals surface area contributed by atoms with Gasteiger partial charge in [0.15, 0.2) is 0 Å². The molecule has 0 bridgehead atoms. The second-order valence-corrected chi connectivity index (χ2v) is 8.58. The maximum Gasteiger partial charge on any atom is 0.146 e. The number of hydrogen-bond acceptors (Lipinski definition) is 3. The zero-order valence-electron chi connectivity index (χ0n) is 16.4. The van der Waals surface area contributed by atoms with E-state index in [0.717, 1.165) is 26.2 Å². The zero-order valence-corrected chi connectivity index (χ0v) is 17.3. The minimum Gasteiger partial charge on any atom is -0.367 e. The maximum absolute atomic E-state index is 14.2. The first-order valence-electron chi connectivity index (χ1n) is 10.1. The lowest BCUT2D eigenvalue weighted by Gasteiger charge is -2.40. The summed E-state index contributed by atoms with van der Waals surface area (Å²) in [5, 5.41) is 3.45. The van der Waals surface area contributed by atoms with Gasteiger partial charge < -0.3 is 9.88 Å². The van der Waals surface area contributed by atoms with E-state index in [9.17, 15) is 4.39 Å². The number of aromatic nitrogens is 1. The predicted octanol–water partition coefficient (Wildman–Crippen LogP) is 5.59. The van der Waals surface area contributed by atoms with Crippen LogP contribution in [0.3, 0.4) is 0 Å². The van der Waals surface area contributed by atoms with E-state index in [4.69, 9.17) is 0 Å². The van der Waals surface area contributed by atoms with Crippen LogP contribution in [0.25, 0.3) is 10.9 Å². The summed E-state index contributed by atoms with van der Waals surface area (Å²) in [4.78, 5) is 9.64. The van der Waals surface area contributed by atoms with Crippen molar-refractivity contribution < 1.29 is 4.39 Å². The quantitative estimate of drug-likeness (QED) is 0.478. The molecule has 1 atom stereocenters. The SMILES string of the molecule is Cc1[nH]c2ccccc2c1[C@H](c1cccs1)N1CCN(c2ccccc2F)CC1. The van der Waals surface area contributed by atoms with Crippen molar-refractivity contribution in [3.63, 3.8) is 0 Å². The minimum atomic E-state index is -0.136. The number of fused-ring (bicyclic) bond motifs is 1. The first-order valence-corrected chi connectivity index (χ1v) is 10.9. The summed E-state index contributed by atoms with van der Waals surface area (Å²) < 4.78 is 14.2. The van der Waals surface area contributed by atoms with Gasteiger partial charge in [0, 0.05) is 53.2 Å². The van der Waals surface area contributed by atoms with Gasteiger partial charge in [0.05, 0.1) is 11.7 Å². The number of halogens is 1. The molecular formula is C24H24FN3S. The summed E-state index contributed by atoms with van der Waals surface area (Å²) in [6.45, 7) is 5.62. The van der Waals surface area contributed by atoms with E-state index < -0.39 is 0 Å². The average molecular weight is 406 g/mol. The van der Waals surface area contributed by atoms with Crippen molar-refractivity contribution in [1.29, 1.82) is 0 Å². The molecule has 0 saturated carbocycles. The van der Waals surface area contributed by atoms with Gasteiger partial charge in [-0.25, -0.2) is 4.39 Å². The van der Waals surface area contributed by atoms with Crippen LogP contribution in [0.5, 0.6) is 0 Å². The summed E-state index contributed by atoms with van der Waals surface area (Å²) in [6.07, 6.45) is 0. The molecule has 1 N–H and O–H groups in total. The van der Waals surface area contributed by atoms with E-state index in [1.807, 2.05) is 23.5 Å². The molecule has 148 valence electrons. The Bertz CT molecular complexity index is 1110. The molecule has 4 aromatic rings. The Morgan fingerprint density at radius 1 is 0.931 bits per heavy atom. The fourth-order valence-corrected chi connectivity index (χ4v) is 5.40. The normalized spacial score (nSPS) is 16.4. The Labute approximate surface area is 174 Å². The highest BCUT2D eigenvalue weighted by Crippen LogP contribution is 2.38. The standard InChI is InChI=1S/C24H24FN3S/c1-17-23(18-7-2-4-9-20(18)26-17)24(22-11-6-16-29-22)28-14-12-27(13-15-28)21-10-5-3-8-19(21)25/h2-11,16,24,26H,12-15H2,1H3/t24-/m0/s1. The van der Waals surface area contributed by atoms with Crippen molar-refractivity contribution in [2.75, 3.05) is 31.1 Å². The van der Waals surface area contributed by atoms with Crippen molar-refractivity contribution in [1.82, 2.24) is 9.88 Å². The average Bonchev–Trinajstić information content (AvgIpc) is 3.38. The van der Waals surface area contributed by atoms with Crippen LogP contribution >= 0.6 is 11.3 Å². The van der Waals surface area contributed by atoms with Gasteiger partial charge in [0.1, 0.15) is 5.82 Å². The Hall–Kier alpha value is -2.63. The summed E-state index contributed by atoms with van der Waals surface area (Å²) in [7, 11) is 0. The van der Waals surface area contributed by atoms with Gasteiger partial charge in [-0.1, -0.05) is 36.4 Å². The van der Waals surface area contributed by atoms with Gasteiger partial charge in [0.2, 0.25) is 0 Å². The highest BCUT2D eigenvalue weighted by Gasteiger charge is 2.30. The molecule has 3 heterocycles. The molecule has 5 heteroatoms. The minimum absolute atomic E-state index is 0.136. The van der Waals surface area contributed by atoms with Crippen molar-refractivity contribution in [3.05, 3.63) is 88.0 Å². The lowest BCUT2D eigenvalue weighted by molar-refractivity contribution is 0.215. The molecule has 3 nitrogen and oxygen atoms in total. The number of piperazine rings is 1. The number of rotatable bonds is 4. The molecule has 1 fully saturated rings. The Kier molecular flexibility index (Phi) is 4.86. The van der Waals surface area contributed by atoms with E-state index in [2.05, 4.69) is 63.5 Å². The number of benzene rings is 2. The molecule has 0 amide bonds. The number of anilines is 1. The van der Waals surface area contributed by atoms with Crippen LogP contribution in [-0.4, -0.2) is 36.1 Å². The molecule has 0 aliphatic carbocycles. The third-order valence-electron chi connectivity index (χ3n) is 5.90. The third kappa shape index (κ3) is 3.34. The monoisotopic (exact) mass is 405 g/mol. The third-order valence-corrected chi connectivity index (χ3v) is 6.83. The van der Waals surface area contributed by atoms with Crippen LogP contribution in [0.1, 0.15) is 22.2 Å². The lowest BCUT2D eigenvalue weighted by Crippen LogP contribution is -2.48. The highest BCUT2D eigenvalue weighted by molar-refractivity contribution is 7.10. The fourth-order valence-electron chi connectivity index (χ4n) is 4.53. The van der Waals surface area contributed by atoms with E-state index in [1.165, 1.54) is 27.0 Å². The van der Waals surface area contributed by atoms with Crippen LogP contribution in [0.4, 0.5) is 10.1 Å². The van der Waals surface area contributed by atoms with Crippen molar-refractivity contribution in [2.45, 2.75) is 13.0 Å². The van der Waals surface area contributed by atoms with Crippen molar-refractivity contribution >= 4 is 27.9 Å². The molecule has 1 saturated heterocycles. The number of para-hydroxylation sites is 2. The Morgan fingerprint density at radius 3 is 2.45 bits per heavy atom. The lowest BCUT2D eigenvalue weighted by atomic mass is 9.99. The second kappa shape index (κ2) is 7.65. The van der Waals surface area contributed by atoms with Gasteiger partial charge >= 0.3 is 0 Å². The molecule has 29 heavy (non-hydrogen) atoms. The number of nitrogens with one attached hydrogen (secondary N) is 1. The number of aryl methyl sites for hydroxylation is 1. The van der Waals surface area contributed by atoms with E-state index >= 15 is 0 Å². The van der Waals surface area contributed by atoms with Crippen LogP contribution in [0.15, 0.2) is 66.0 Å². The molecule has 0 radical (unpaired) electrons. The number of nitrogens with zero attached hydrogens (tertiary/aromatic N) is 2. The number of aromatic amines is 1. The van der Waals surface area contributed by atoms with Crippen LogP contribution < -0.4 is 4.90 Å². The Morgan fingerprint density at radius 2 is 1.69 bits per heavy atom. The number of hydrogen-bond donors (Lipinski definition) is 1. The first kappa shape index (κ1) is 18.4. The number of thiophene rings is 1. The van der Waals surface area contributed by atoms with E-state index in [1.54, 1.807) is 12.1 Å². The summed E-state index contributed by atoms with van der Waals surface area (Å²) >= 11 is 1.81. The van der Waals surface area contributed by atoms with Crippen molar-refractivity contribution in [3.8, 4) is 0 Å². The molecule has 2 aromatic carbocycles. The van der Waals surface area contributed by atoms with Gasteiger partial charge in [-0.15, -0.1) is 11.3 Å². The number of H-pyrrole nitrogens is 1. The van der Waals surface area contributed by atoms with E-state index in [0.29, 0.717) is 5.69 Å². The molecule has 1 aliphatic heterocycles. The molecule has 5 rings (SSSR count). The second-order valence-electron chi connectivity index (χ2n) is 7.60. The van der Waals surface area contributed by atoms with Gasteiger partial charge in [0.25, 0.3) is 0 Å². The maximum atomic E-state index is 14.2. The summed E-state index contributed by atoms with van der Waals surface area (Å²) in [5.74, 6) is -0.136. The van der Waals surface area contributed by atoms with Gasteiger partial charge in [-0.05, 0) is 36.6 Å². The molecule has 2 aromatic heterocycles. The Balaban J connectivity index is 1.48. The van der Waals surface area contributed by atoms with Crippen molar-refractivity contribution in [2.24, 2.45) is 0 Å². The largest absolute Gasteiger partial charge is 0.367 e. The fraction of sp³-hybridized carbons (Fsp3) is 0.250. The molecular weight excluding hydrogens is 381 g/mol. The van der Waals surface area contributed by atoms with Gasteiger partial charge in [-0.2, -0.15) is 0 Å². The highest BCUT2D eigenvalue weighted by atomic mass is 32.1. The zero-order chi connectivity index (χ0) is 19.8. The summed E-state index contributed by atoms with van der Waals surface area (Å²) in [5.41, 5.74) is 4.48. The molecule has 1 aliphatic rings. The molecule has 0 spiro atoms. The summed E-state index contributed by atoms with van der Waals surface area (Å²) in [6, 6.07) is 20.2.